The Hall–Kier alpha value is -1.86. The van der Waals surface area contributed by atoms with Crippen LogP contribution in [0.5, 0.6) is 5.75 Å². The topological polar surface area (TPSA) is 78.3 Å². The molecule has 3 aromatic rings. The van der Waals surface area contributed by atoms with Crippen molar-refractivity contribution in [3.63, 3.8) is 0 Å². The van der Waals surface area contributed by atoms with Crippen LogP contribution in [-0.4, -0.2) is 19.8 Å². The highest BCUT2D eigenvalue weighted by atomic mass is 35.5. The van der Waals surface area contributed by atoms with Gasteiger partial charge in [0.1, 0.15) is 12.4 Å². The van der Waals surface area contributed by atoms with Gasteiger partial charge in [-0.2, -0.15) is 4.52 Å². The van der Waals surface area contributed by atoms with Gasteiger partial charge in [0.2, 0.25) is 10.1 Å². The first kappa shape index (κ1) is 12.2. The van der Waals surface area contributed by atoms with E-state index < -0.39 is 0 Å². The van der Waals surface area contributed by atoms with Crippen LogP contribution in [0.2, 0.25) is 5.02 Å². The standard InChI is InChI=1S/C11H10ClN5OS/c1-6-4-7(2-3-8(6)12)18-5-9-14-15-11-17(9)16-10(13)19-11/h2-4H,5H2,1H3,(H2,13,16). The van der Waals surface area contributed by atoms with Crippen molar-refractivity contribution in [1.82, 2.24) is 19.8 Å². The van der Waals surface area contributed by atoms with Gasteiger partial charge in [-0.05, 0) is 30.7 Å². The monoisotopic (exact) mass is 295 g/mol. The summed E-state index contributed by atoms with van der Waals surface area (Å²) in [5.74, 6) is 1.33. The SMILES string of the molecule is Cc1cc(OCc2nnc3sc(N)nn23)ccc1Cl. The van der Waals surface area contributed by atoms with Crippen molar-refractivity contribution in [2.45, 2.75) is 13.5 Å². The van der Waals surface area contributed by atoms with Crippen LogP contribution in [0.15, 0.2) is 18.2 Å². The minimum Gasteiger partial charge on any atom is -0.486 e. The summed E-state index contributed by atoms with van der Waals surface area (Å²) in [4.78, 5) is 0.656. The lowest BCUT2D eigenvalue weighted by molar-refractivity contribution is 0.292. The molecule has 2 N–H and O–H groups in total. The van der Waals surface area contributed by atoms with Gasteiger partial charge >= 0.3 is 0 Å². The van der Waals surface area contributed by atoms with Crippen molar-refractivity contribution >= 4 is 33.0 Å². The summed E-state index contributed by atoms with van der Waals surface area (Å²) in [6.45, 7) is 2.19. The Balaban J connectivity index is 1.79. The quantitative estimate of drug-likeness (QED) is 0.802. The maximum Gasteiger partial charge on any atom is 0.236 e. The minimum absolute atomic E-state index is 0.269. The molecule has 1 aromatic carbocycles. The van der Waals surface area contributed by atoms with E-state index in [1.165, 1.54) is 11.3 Å². The summed E-state index contributed by atoms with van der Waals surface area (Å²) in [5, 5.41) is 13.2. The van der Waals surface area contributed by atoms with Gasteiger partial charge in [-0.15, -0.1) is 15.3 Å². The Morgan fingerprint density at radius 1 is 1.42 bits per heavy atom. The molecule has 0 saturated carbocycles. The fraction of sp³-hybridized carbons (Fsp3) is 0.182. The lowest BCUT2D eigenvalue weighted by Crippen LogP contribution is -2.02. The molecule has 0 fully saturated rings. The first-order chi connectivity index (χ1) is 9.13. The van der Waals surface area contributed by atoms with E-state index in [9.17, 15) is 0 Å². The summed E-state index contributed by atoms with van der Waals surface area (Å²) < 4.78 is 7.23. The number of benzene rings is 1. The van der Waals surface area contributed by atoms with Crippen LogP contribution >= 0.6 is 22.9 Å². The first-order valence-electron chi connectivity index (χ1n) is 5.49. The van der Waals surface area contributed by atoms with Gasteiger partial charge in [0, 0.05) is 5.02 Å². The number of ether oxygens (including phenoxy) is 1. The van der Waals surface area contributed by atoms with E-state index in [1.54, 1.807) is 10.6 Å². The van der Waals surface area contributed by atoms with Crippen molar-refractivity contribution in [2.24, 2.45) is 0 Å². The number of halogens is 1. The molecule has 0 radical (unpaired) electrons. The predicted octanol–water partition coefficient (Wildman–Crippen LogP) is 2.31. The van der Waals surface area contributed by atoms with E-state index in [4.69, 9.17) is 22.1 Å². The largest absolute Gasteiger partial charge is 0.486 e. The second kappa shape index (κ2) is 4.67. The lowest BCUT2D eigenvalue weighted by Gasteiger charge is -2.05. The number of anilines is 1. The van der Waals surface area contributed by atoms with E-state index in [0.29, 0.717) is 20.9 Å². The summed E-state index contributed by atoms with van der Waals surface area (Å²) in [6, 6.07) is 5.48. The van der Waals surface area contributed by atoms with Gasteiger partial charge in [0.15, 0.2) is 5.82 Å². The number of rotatable bonds is 3. The lowest BCUT2D eigenvalue weighted by atomic mass is 10.2. The molecule has 0 aliphatic heterocycles. The van der Waals surface area contributed by atoms with Gasteiger partial charge in [-0.25, -0.2) is 0 Å². The molecular weight excluding hydrogens is 286 g/mol. The Kier molecular flexibility index (Phi) is 3.00. The van der Waals surface area contributed by atoms with Crippen molar-refractivity contribution in [2.75, 3.05) is 5.73 Å². The fourth-order valence-electron chi connectivity index (χ4n) is 1.62. The zero-order valence-corrected chi connectivity index (χ0v) is 11.6. The molecule has 0 atom stereocenters. The predicted molar refractivity (Wildman–Crippen MR) is 73.6 cm³/mol. The highest BCUT2D eigenvalue weighted by molar-refractivity contribution is 7.20. The van der Waals surface area contributed by atoms with Crippen LogP contribution in [0.3, 0.4) is 0 Å². The molecule has 8 heteroatoms. The number of fused-ring (bicyclic) bond motifs is 1. The van der Waals surface area contributed by atoms with Gasteiger partial charge in [-0.3, -0.25) is 0 Å². The summed E-state index contributed by atoms with van der Waals surface area (Å²) in [6.07, 6.45) is 0. The molecule has 0 aliphatic rings. The van der Waals surface area contributed by atoms with Crippen LogP contribution in [0.4, 0.5) is 5.13 Å². The van der Waals surface area contributed by atoms with Crippen LogP contribution in [-0.2, 0) is 6.61 Å². The van der Waals surface area contributed by atoms with Crippen molar-refractivity contribution < 1.29 is 4.74 Å². The Morgan fingerprint density at radius 3 is 3.05 bits per heavy atom. The molecule has 19 heavy (non-hydrogen) atoms. The number of aromatic nitrogens is 4. The van der Waals surface area contributed by atoms with Crippen molar-refractivity contribution in [3.05, 3.63) is 34.6 Å². The normalized spacial score (nSPS) is 11.1. The maximum atomic E-state index is 5.96. The van der Waals surface area contributed by atoms with Crippen LogP contribution in [0.1, 0.15) is 11.4 Å². The third-order valence-corrected chi connectivity index (χ3v) is 3.72. The second-order valence-electron chi connectivity index (χ2n) is 3.95. The van der Waals surface area contributed by atoms with E-state index >= 15 is 0 Å². The maximum absolute atomic E-state index is 5.96. The van der Waals surface area contributed by atoms with Crippen molar-refractivity contribution in [3.8, 4) is 5.75 Å². The molecule has 0 saturated heterocycles. The third kappa shape index (κ3) is 2.34. The molecule has 0 amide bonds. The number of hydrogen-bond donors (Lipinski definition) is 1. The molecule has 0 unspecified atom stereocenters. The molecule has 0 aliphatic carbocycles. The molecular formula is C11H10ClN5OS. The average molecular weight is 296 g/mol. The summed E-state index contributed by atoms with van der Waals surface area (Å²) >= 11 is 7.24. The van der Waals surface area contributed by atoms with E-state index in [2.05, 4.69) is 15.3 Å². The zero-order valence-electron chi connectivity index (χ0n) is 10.00. The summed E-state index contributed by atoms with van der Waals surface area (Å²) in [5.41, 5.74) is 6.57. The molecule has 0 spiro atoms. The zero-order chi connectivity index (χ0) is 13.4. The molecule has 0 bridgehead atoms. The van der Waals surface area contributed by atoms with E-state index in [0.717, 1.165) is 11.3 Å². The van der Waals surface area contributed by atoms with Crippen molar-refractivity contribution in [1.29, 1.82) is 0 Å². The second-order valence-corrected chi connectivity index (χ2v) is 5.35. The third-order valence-electron chi connectivity index (χ3n) is 2.57. The van der Waals surface area contributed by atoms with Crippen LogP contribution < -0.4 is 10.5 Å². The van der Waals surface area contributed by atoms with Gasteiger partial charge in [0.05, 0.1) is 0 Å². The fourth-order valence-corrected chi connectivity index (χ4v) is 2.36. The van der Waals surface area contributed by atoms with E-state index in [1.807, 2.05) is 19.1 Å². The van der Waals surface area contributed by atoms with Crippen LogP contribution in [0.25, 0.3) is 4.96 Å². The highest BCUT2D eigenvalue weighted by Gasteiger charge is 2.10. The number of aryl methyl sites for hydroxylation is 1. The molecule has 3 rings (SSSR count). The number of hydrogen-bond acceptors (Lipinski definition) is 6. The number of nitrogens with zero attached hydrogens (tertiary/aromatic N) is 4. The molecule has 98 valence electrons. The Labute approximate surface area is 117 Å². The smallest absolute Gasteiger partial charge is 0.236 e. The van der Waals surface area contributed by atoms with Gasteiger partial charge < -0.3 is 10.5 Å². The Morgan fingerprint density at radius 2 is 2.26 bits per heavy atom. The molecule has 2 heterocycles. The summed E-state index contributed by atoms with van der Waals surface area (Å²) in [7, 11) is 0. The first-order valence-corrected chi connectivity index (χ1v) is 6.68. The van der Waals surface area contributed by atoms with Gasteiger partial charge in [0.25, 0.3) is 0 Å². The Bertz CT molecular complexity index is 738. The number of nitrogen functional groups attached to an aromatic ring is 1. The van der Waals surface area contributed by atoms with Crippen LogP contribution in [0, 0.1) is 6.92 Å². The van der Waals surface area contributed by atoms with Gasteiger partial charge in [-0.1, -0.05) is 22.9 Å². The molecule has 2 aromatic heterocycles. The number of nitrogens with two attached hydrogens (primary N) is 1. The van der Waals surface area contributed by atoms with E-state index in [-0.39, 0.29) is 6.61 Å². The average Bonchev–Trinajstić information content (AvgIpc) is 2.90. The highest BCUT2D eigenvalue weighted by Crippen LogP contribution is 2.22. The minimum atomic E-state index is 0.269. The molecule has 6 nitrogen and oxygen atoms in total.